The third-order valence-corrected chi connectivity index (χ3v) is 3.61. The van der Waals surface area contributed by atoms with Gasteiger partial charge in [0, 0.05) is 4.47 Å². The zero-order valence-corrected chi connectivity index (χ0v) is 10.2. The van der Waals surface area contributed by atoms with Gasteiger partial charge in [-0.15, -0.1) is 0 Å². The van der Waals surface area contributed by atoms with Gasteiger partial charge in [0.05, 0.1) is 11.8 Å². The number of aromatic nitrogens is 1. The number of anilines is 1. The molecule has 16 heavy (non-hydrogen) atoms. The van der Waals surface area contributed by atoms with Crippen LogP contribution in [-0.2, 0) is 0 Å². The van der Waals surface area contributed by atoms with Crippen molar-refractivity contribution in [2.45, 2.75) is 18.8 Å². The lowest BCUT2D eigenvalue weighted by atomic mass is 10.0. The highest BCUT2D eigenvalue weighted by atomic mass is 79.9. The summed E-state index contributed by atoms with van der Waals surface area (Å²) in [5, 5.41) is 3.68. The van der Waals surface area contributed by atoms with E-state index in [2.05, 4.69) is 39.3 Å². The topological polar surface area (TPSA) is 52.0 Å². The molecule has 1 fully saturated rings. The minimum atomic E-state index is 0.367. The number of nitrogen functional groups attached to an aromatic ring is 1. The van der Waals surface area contributed by atoms with Crippen molar-refractivity contribution in [1.82, 2.24) is 5.16 Å². The molecule has 2 N–H and O–H groups in total. The molecule has 0 saturated heterocycles. The number of rotatable bonds is 2. The second-order valence-electron chi connectivity index (χ2n) is 4.11. The number of nitrogens with zero attached hydrogens (tertiary/aromatic N) is 1. The lowest BCUT2D eigenvalue weighted by Gasteiger charge is -2.05. The molecule has 1 aromatic heterocycles. The zero-order chi connectivity index (χ0) is 11.1. The van der Waals surface area contributed by atoms with E-state index in [0.717, 1.165) is 21.5 Å². The summed E-state index contributed by atoms with van der Waals surface area (Å²) in [6.07, 6.45) is 4.24. The molecule has 0 aliphatic heterocycles. The van der Waals surface area contributed by atoms with Crippen molar-refractivity contribution in [1.29, 1.82) is 0 Å². The van der Waals surface area contributed by atoms with Crippen LogP contribution in [0, 0.1) is 0 Å². The van der Waals surface area contributed by atoms with Crippen LogP contribution in [0.25, 0.3) is 11.1 Å². The Balaban J connectivity index is 2.03. The molecule has 0 atom stereocenters. The first-order valence-electron chi connectivity index (χ1n) is 5.25. The minimum absolute atomic E-state index is 0.367. The summed E-state index contributed by atoms with van der Waals surface area (Å²) in [7, 11) is 0. The quantitative estimate of drug-likeness (QED) is 0.914. The number of halogens is 1. The lowest BCUT2D eigenvalue weighted by molar-refractivity contribution is 0.436. The summed E-state index contributed by atoms with van der Waals surface area (Å²) in [4.78, 5) is 0. The van der Waals surface area contributed by atoms with Gasteiger partial charge < -0.3 is 10.3 Å². The summed E-state index contributed by atoms with van der Waals surface area (Å²) >= 11 is 3.61. The Kier molecular flexibility index (Phi) is 2.24. The molecule has 1 aromatic carbocycles. The van der Waals surface area contributed by atoms with Gasteiger partial charge in [-0.1, -0.05) is 33.2 Å². The summed E-state index contributed by atoms with van der Waals surface area (Å²) in [5.74, 6) is 1.11. The number of benzene rings is 1. The molecule has 1 saturated carbocycles. The van der Waals surface area contributed by atoms with Gasteiger partial charge in [0.25, 0.3) is 0 Å². The van der Waals surface area contributed by atoms with E-state index in [0.29, 0.717) is 5.88 Å². The molecule has 0 amide bonds. The third kappa shape index (κ3) is 1.63. The Morgan fingerprint density at radius 2 is 2.19 bits per heavy atom. The number of hydrogen-bond acceptors (Lipinski definition) is 3. The van der Waals surface area contributed by atoms with E-state index < -0.39 is 0 Å². The maximum Gasteiger partial charge on any atom is 0.229 e. The second kappa shape index (κ2) is 3.63. The lowest BCUT2D eigenvalue weighted by Crippen LogP contribution is -1.87. The first kappa shape index (κ1) is 9.90. The van der Waals surface area contributed by atoms with E-state index in [9.17, 15) is 0 Å². The van der Waals surface area contributed by atoms with E-state index in [1.807, 2.05) is 0 Å². The molecule has 0 radical (unpaired) electrons. The molecule has 1 heterocycles. The van der Waals surface area contributed by atoms with Gasteiger partial charge in [0.15, 0.2) is 0 Å². The van der Waals surface area contributed by atoms with E-state index in [-0.39, 0.29) is 0 Å². The van der Waals surface area contributed by atoms with Crippen LogP contribution < -0.4 is 5.73 Å². The van der Waals surface area contributed by atoms with Crippen molar-refractivity contribution < 1.29 is 4.52 Å². The van der Waals surface area contributed by atoms with E-state index in [1.54, 1.807) is 6.20 Å². The fourth-order valence-electron chi connectivity index (χ4n) is 1.89. The van der Waals surface area contributed by atoms with Crippen molar-refractivity contribution in [2.24, 2.45) is 0 Å². The van der Waals surface area contributed by atoms with Crippen LogP contribution in [0.5, 0.6) is 0 Å². The van der Waals surface area contributed by atoms with Gasteiger partial charge in [-0.05, 0) is 36.0 Å². The highest BCUT2D eigenvalue weighted by Gasteiger charge is 2.25. The summed E-state index contributed by atoms with van der Waals surface area (Å²) < 4.78 is 6.01. The van der Waals surface area contributed by atoms with E-state index in [1.165, 1.54) is 18.4 Å². The first-order chi connectivity index (χ1) is 7.75. The highest BCUT2D eigenvalue weighted by Crippen LogP contribution is 2.44. The summed E-state index contributed by atoms with van der Waals surface area (Å²) in [5.41, 5.74) is 8.96. The molecule has 1 aliphatic carbocycles. The fourth-order valence-corrected chi connectivity index (χ4v) is 2.59. The van der Waals surface area contributed by atoms with Crippen molar-refractivity contribution >= 4 is 21.8 Å². The smallest absolute Gasteiger partial charge is 0.229 e. The predicted molar refractivity (Wildman–Crippen MR) is 66.0 cm³/mol. The molecule has 0 bridgehead atoms. The monoisotopic (exact) mass is 278 g/mol. The van der Waals surface area contributed by atoms with Crippen LogP contribution in [0.1, 0.15) is 24.3 Å². The minimum Gasteiger partial charge on any atom is -0.367 e. The number of hydrogen-bond donors (Lipinski definition) is 1. The molecule has 82 valence electrons. The van der Waals surface area contributed by atoms with Crippen molar-refractivity contribution in [3.8, 4) is 11.1 Å². The SMILES string of the molecule is Nc1oncc1-c1ccc(C2CC2)c(Br)c1. The van der Waals surface area contributed by atoms with Crippen LogP contribution in [0.4, 0.5) is 5.88 Å². The standard InChI is InChI=1S/C12H11BrN2O/c13-11-5-8(10-6-15-16-12(10)14)3-4-9(11)7-1-2-7/h3-7H,1-2,14H2. The normalized spacial score (nSPS) is 15.3. The van der Waals surface area contributed by atoms with Crippen LogP contribution in [0.2, 0.25) is 0 Å². The molecule has 4 heteroatoms. The van der Waals surface area contributed by atoms with Crippen LogP contribution in [0.15, 0.2) is 33.4 Å². The van der Waals surface area contributed by atoms with Crippen molar-refractivity contribution in [3.05, 3.63) is 34.4 Å². The molecular weight excluding hydrogens is 268 g/mol. The zero-order valence-electron chi connectivity index (χ0n) is 8.61. The van der Waals surface area contributed by atoms with Gasteiger partial charge >= 0.3 is 0 Å². The molecule has 2 aromatic rings. The second-order valence-corrected chi connectivity index (χ2v) is 4.97. The predicted octanol–water partition coefficient (Wildman–Crippen LogP) is 3.56. The molecule has 0 spiro atoms. The Hall–Kier alpha value is -1.29. The molecule has 0 unspecified atom stereocenters. The summed E-state index contributed by atoms with van der Waals surface area (Å²) in [6, 6.07) is 6.31. The molecular formula is C12H11BrN2O. The van der Waals surface area contributed by atoms with Crippen LogP contribution in [-0.4, -0.2) is 5.16 Å². The van der Waals surface area contributed by atoms with Crippen LogP contribution >= 0.6 is 15.9 Å². The third-order valence-electron chi connectivity index (χ3n) is 2.93. The molecule has 3 nitrogen and oxygen atoms in total. The maximum absolute atomic E-state index is 5.69. The summed E-state index contributed by atoms with van der Waals surface area (Å²) in [6.45, 7) is 0. The number of nitrogens with two attached hydrogens (primary N) is 1. The van der Waals surface area contributed by atoms with Crippen molar-refractivity contribution in [2.75, 3.05) is 5.73 Å². The molecule has 3 rings (SSSR count). The average molecular weight is 279 g/mol. The van der Waals surface area contributed by atoms with Gasteiger partial charge in [-0.3, -0.25) is 0 Å². The average Bonchev–Trinajstić information content (AvgIpc) is 3.01. The van der Waals surface area contributed by atoms with Crippen LogP contribution in [0.3, 0.4) is 0 Å². The Bertz CT molecular complexity index is 532. The van der Waals surface area contributed by atoms with Gasteiger partial charge in [-0.25, -0.2) is 0 Å². The fraction of sp³-hybridized carbons (Fsp3) is 0.250. The van der Waals surface area contributed by atoms with E-state index in [4.69, 9.17) is 10.3 Å². The molecule has 1 aliphatic rings. The van der Waals surface area contributed by atoms with Gasteiger partial charge in [-0.2, -0.15) is 0 Å². The Morgan fingerprint density at radius 3 is 2.75 bits per heavy atom. The Labute approximate surface area is 102 Å². The maximum atomic E-state index is 5.69. The first-order valence-corrected chi connectivity index (χ1v) is 6.05. The Morgan fingerprint density at radius 1 is 1.38 bits per heavy atom. The van der Waals surface area contributed by atoms with Gasteiger partial charge in [0.1, 0.15) is 0 Å². The van der Waals surface area contributed by atoms with Gasteiger partial charge in [0.2, 0.25) is 5.88 Å². The highest BCUT2D eigenvalue weighted by molar-refractivity contribution is 9.10. The largest absolute Gasteiger partial charge is 0.367 e. The van der Waals surface area contributed by atoms with E-state index >= 15 is 0 Å². The van der Waals surface area contributed by atoms with Crippen molar-refractivity contribution in [3.63, 3.8) is 0 Å².